The van der Waals surface area contributed by atoms with Crippen molar-refractivity contribution in [2.45, 2.75) is 32.0 Å². The minimum Gasteiger partial charge on any atom is -0.487 e. The second-order valence-electron chi connectivity index (χ2n) is 5.93. The second kappa shape index (κ2) is 7.14. The van der Waals surface area contributed by atoms with Crippen LogP contribution in [0.3, 0.4) is 0 Å². The average Bonchev–Trinajstić information content (AvgIpc) is 2.93. The van der Waals surface area contributed by atoms with Gasteiger partial charge in [0.15, 0.2) is 0 Å². The van der Waals surface area contributed by atoms with Crippen molar-refractivity contribution in [3.05, 3.63) is 41.2 Å². The number of halogens is 2. The lowest BCUT2D eigenvalue weighted by Crippen LogP contribution is -2.51. The maximum atomic E-state index is 13.2. The summed E-state index contributed by atoms with van der Waals surface area (Å²) >= 11 is 0. The molecule has 134 valence electrons. The summed E-state index contributed by atoms with van der Waals surface area (Å²) in [5.41, 5.74) is 0.994. The summed E-state index contributed by atoms with van der Waals surface area (Å²) < 4.78 is 36.4. The minimum atomic E-state index is -0.972. The van der Waals surface area contributed by atoms with E-state index in [1.165, 1.54) is 4.90 Å². The number of aliphatic hydroxyl groups is 1. The van der Waals surface area contributed by atoms with Crippen LogP contribution in [0.25, 0.3) is 0 Å². The van der Waals surface area contributed by atoms with Crippen LogP contribution in [-0.4, -0.2) is 51.5 Å². The molecule has 1 fully saturated rings. The fourth-order valence-corrected chi connectivity index (χ4v) is 2.71. The van der Waals surface area contributed by atoms with E-state index < -0.39 is 23.8 Å². The lowest BCUT2D eigenvalue weighted by molar-refractivity contribution is -0.136. The number of carbonyl (C=O) groups is 1. The molecule has 7 nitrogen and oxygen atoms in total. The molecular formula is C16H17F2N3O4. The summed E-state index contributed by atoms with van der Waals surface area (Å²) in [7, 11) is 0. The van der Waals surface area contributed by atoms with Gasteiger partial charge >= 0.3 is 0 Å². The van der Waals surface area contributed by atoms with E-state index in [0.717, 1.165) is 18.2 Å². The first-order valence-electron chi connectivity index (χ1n) is 7.79. The molecule has 0 bridgehead atoms. The number of hydrogen-bond acceptors (Lipinski definition) is 6. The van der Waals surface area contributed by atoms with E-state index >= 15 is 0 Å². The first-order valence-corrected chi connectivity index (χ1v) is 7.79. The highest BCUT2D eigenvalue weighted by molar-refractivity contribution is 5.78. The summed E-state index contributed by atoms with van der Waals surface area (Å²) in [6.45, 7) is 2.10. The molecule has 1 amide bonds. The predicted octanol–water partition coefficient (Wildman–Crippen LogP) is 1.24. The Kier molecular flexibility index (Phi) is 4.93. The second-order valence-corrected chi connectivity index (χ2v) is 5.93. The summed E-state index contributed by atoms with van der Waals surface area (Å²) in [6.07, 6.45) is -1.26. The number of aryl methyl sites for hydroxylation is 1. The lowest BCUT2D eigenvalue weighted by Gasteiger charge is -2.35. The Morgan fingerprint density at radius 3 is 2.68 bits per heavy atom. The van der Waals surface area contributed by atoms with Gasteiger partial charge in [-0.05, 0) is 6.92 Å². The van der Waals surface area contributed by atoms with Gasteiger partial charge in [-0.25, -0.2) is 13.4 Å². The van der Waals surface area contributed by atoms with Gasteiger partial charge in [0.05, 0.1) is 13.0 Å². The highest BCUT2D eigenvalue weighted by atomic mass is 19.1. The topological polar surface area (TPSA) is 88.7 Å². The number of rotatable bonds is 4. The Morgan fingerprint density at radius 1 is 1.36 bits per heavy atom. The molecule has 1 aromatic carbocycles. The van der Waals surface area contributed by atoms with Gasteiger partial charge in [0.25, 0.3) is 0 Å². The maximum Gasteiger partial charge on any atom is 0.228 e. The predicted molar refractivity (Wildman–Crippen MR) is 80.7 cm³/mol. The van der Waals surface area contributed by atoms with Crippen LogP contribution in [0.4, 0.5) is 8.78 Å². The number of likely N-dealkylation sites (tertiary alicyclic amines) is 1. The number of benzene rings is 1. The molecule has 3 rings (SSSR count). The first-order chi connectivity index (χ1) is 11.9. The molecule has 0 spiro atoms. The zero-order chi connectivity index (χ0) is 18.0. The van der Waals surface area contributed by atoms with Gasteiger partial charge in [0.2, 0.25) is 5.91 Å². The van der Waals surface area contributed by atoms with E-state index in [1.807, 2.05) is 0 Å². The molecule has 0 radical (unpaired) electrons. The van der Waals surface area contributed by atoms with Gasteiger partial charge in [-0.3, -0.25) is 4.79 Å². The van der Waals surface area contributed by atoms with Crippen LogP contribution < -0.4 is 4.74 Å². The molecule has 0 saturated carbocycles. The molecule has 1 saturated heterocycles. The normalized spacial score (nSPS) is 20.6. The summed E-state index contributed by atoms with van der Waals surface area (Å²) in [5, 5.41) is 17.5. The SMILES string of the molecule is Cc1nonc1CC(=O)N1CC[C@@H](Oc2cc(F)cc(F)c2)[C@H](O)C1. The molecule has 0 aliphatic carbocycles. The van der Waals surface area contributed by atoms with Gasteiger partial charge in [0, 0.05) is 31.2 Å². The van der Waals surface area contributed by atoms with Gasteiger partial charge in [-0.1, -0.05) is 10.3 Å². The third-order valence-corrected chi connectivity index (χ3v) is 4.06. The fourth-order valence-electron chi connectivity index (χ4n) is 2.71. The van der Waals surface area contributed by atoms with E-state index in [4.69, 9.17) is 4.74 Å². The van der Waals surface area contributed by atoms with Crippen molar-refractivity contribution in [3.63, 3.8) is 0 Å². The van der Waals surface area contributed by atoms with Crippen LogP contribution >= 0.6 is 0 Å². The van der Waals surface area contributed by atoms with E-state index in [2.05, 4.69) is 14.9 Å². The Bertz CT molecular complexity index is 747. The Labute approximate surface area is 142 Å². The number of amides is 1. The number of nitrogens with zero attached hydrogens (tertiary/aromatic N) is 3. The van der Waals surface area contributed by atoms with Crippen molar-refractivity contribution in [2.24, 2.45) is 0 Å². The molecule has 1 aliphatic heterocycles. The van der Waals surface area contributed by atoms with Crippen LogP contribution in [0.1, 0.15) is 17.8 Å². The van der Waals surface area contributed by atoms with Gasteiger partial charge in [0.1, 0.15) is 41.0 Å². The van der Waals surface area contributed by atoms with Crippen LogP contribution in [0.2, 0.25) is 0 Å². The van der Waals surface area contributed by atoms with Crippen molar-refractivity contribution in [2.75, 3.05) is 13.1 Å². The van der Waals surface area contributed by atoms with Crippen LogP contribution in [0.15, 0.2) is 22.8 Å². The summed E-state index contributed by atoms with van der Waals surface area (Å²) in [5.74, 6) is -1.72. The number of carbonyl (C=O) groups excluding carboxylic acids is 1. The van der Waals surface area contributed by atoms with E-state index in [1.54, 1.807) is 6.92 Å². The maximum absolute atomic E-state index is 13.2. The van der Waals surface area contributed by atoms with Crippen LogP contribution in [0.5, 0.6) is 5.75 Å². The van der Waals surface area contributed by atoms with Crippen molar-refractivity contribution in [3.8, 4) is 5.75 Å². The zero-order valence-electron chi connectivity index (χ0n) is 13.5. The smallest absolute Gasteiger partial charge is 0.228 e. The van der Waals surface area contributed by atoms with Crippen molar-refractivity contribution >= 4 is 5.91 Å². The molecule has 1 aliphatic rings. The lowest BCUT2D eigenvalue weighted by atomic mass is 10.0. The average molecular weight is 353 g/mol. The van der Waals surface area contributed by atoms with Crippen LogP contribution in [-0.2, 0) is 11.2 Å². The number of β-amino-alcohol motifs (C(OH)–C–C–N with tert-alkyl or cyclic N) is 1. The number of ether oxygens (including phenoxy) is 1. The highest BCUT2D eigenvalue weighted by Gasteiger charge is 2.32. The van der Waals surface area contributed by atoms with Gasteiger partial charge in [-0.15, -0.1) is 0 Å². The molecule has 0 unspecified atom stereocenters. The van der Waals surface area contributed by atoms with Gasteiger partial charge < -0.3 is 14.7 Å². The summed E-state index contributed by atoms with van der Waals surface area (Å²) in [4.78, 5) is 13.8. The largest absolute Gasteiger partial charge is 0.487 e. The van der Waals surface area contributed by atoms with Crippen molar-refractivity contribution < 1.29 is 28.0 Å². The zero-order valence-corrected chi connectivity index (χ0v) is 13.5. The third-order valence-electron chi connectivity index (χ3n) is 4.06. The molecule has 2 heterocycles. The molecule has 2 atom stereocenters. The van der Waals surface area contributed by atoms with Crippen molar-refractivity contribution in [1.29, 1.82) is 0 Å². The third kappa shape index (κ3) is 4.11. The van der Waals surface area contributed by atoms with Gasteiger partial charge in [-0.2, -0.15) is 0 Å². The standard InChI is InChI=1S/C16H17F2N3O4/c1-9-13(20-25-19-9)7-16(23)21-3-2-15(14(22)8-21)24-12-5-10(17)4-11(18)6-12/h4-6,14-15,22H,2-3,7-8H2,1H3/t14-,15-/m1/s1. The van der Waals surface area contributed by atoms with E-state index in [-0.39, 0.29) is 24.6 Å². The molecule has 1 aromatic heterocycles. The minimum absolute atomic E-state index is 0.00521. The van der Waals surface area contributed by atoms with E-state index in [0.29, 0.717) is 24.4 Å². The first kappa shape index (κ1) is 17.3. The Balaban J connectivity index is 1.58. The Morgan fingerprint density at radius 2 is 2.08 bits per heavy atom. The molecule has 2 aromatic rings. The van der Waals surface area contributed by atoms with Crippen molar-refractivity contribution in [1.82, 2.24) is 15.2 Å². The molecule has 25 heavy (non-hydrogen) atoms. The molecule has 9 heteroatoms. The van der Waals surface area contributed by atoms with Crippen LogP contribution in [0, 0.1) is 18.6 Å². The molecule has 1 N–H and O–H groups in total. The van der Waals surface area contributed by atoms with E-state index in [9.17, 15) is 18.7 Å². The number of aliphatic hydroxyl groups excluding tert-OH is 1. The fraction of sp³-hybridized carbons (Fsp3) is 0.438. The highest BCUT2D eigenvalue weighted by Crippen LogP contribution is 2.22. The Hall–Kier alpha value is -2.55. The number of aromatic nitrogens is 2. The summed E-state index contributed by atoms with van der Waals surface area (Å²) in [6, 6.07) is 2.84. The molecular weight excluding hydrogens is 336 g/mol. The monoisotopic (exact) mass is 353 g/mol. The number of piperidine rings is 1. The quantitative estimate of drug-likeness (QED) is 0.890. The number of hydrogen-bond donors (Lipinski definition) is 1.